The van der Waals surface area contributed by atoms with Crippen LogP contribution in [0.3, 0.4) is 0 Å². The van der Waals surface area contributed by atoms with Gasteiger partial charge in [0.1, 0.15) is 6.10 Å². The van der Waals surface area contributed by atoms with Crippen LogP contribution in [0.1, 0.15) is 92.4 Å². The summed E-state index contributed by atoms with van der Waals surface area (Å²) in [7, 11) is 1.70. The number of Topliss-reactive ketones (excluding diaryl/α,β-unsaturated/α-hetero) is 1. The molecule has 1 saturated heterocycles. The number of fused-ring (bicyclic) bond motifs is 2. The van der Waals surface area contributed by atoms with Gasteiger partial charge in [-0.15, -0.1) is 0 Å². The smallest absolute Gasteiger partial charge is 0.162 e. The molecule has 0 aromatic carbocycles. The van der Waals surface area contributed by atoms with Crippen LogP contribution in [0.4, 0.5) is 0 Å². The normalized spacial score (nSPS) is 49.4. The molecule has 232 valence electrons. The molecule has 0 unspecified atom stereocenters. The number of aliphatic hydroxyl groups is 3. The molecule has 5 aliphatic carbocycles. The van der Waals surface area contributed by atoms with Gasteiger partial charge in [0, 0.05) is 38.3 Å². The number of methoxy groups -OCH3 is 1. The number of allylic oxidation sites excluding steroid dienone is 1. The Hall–Kier alpha value is -0.830. The van der Waals surface area contributed by atoms with Crippen LogP contribution < -0.4 is 0 Å². The molecule has 1 heterocycles. The number of carbonyl (C=O) groups excluding carboxylic acids is 1. The Bertz CT molecular complexity index is 1070. The molecule has 13 atom stereocenters. The molecular weight excluding hydrogens is 520 g/mol. The summed E-state index contributed by atoms with van der Waals surface area (Å²) in [5.74, 6) is 0.492. The van der Waals surface area contributed by atoms with Crippen molar-refractivity contribution in [2.45, 2.75) is 122 Å². The van der Waals surface area contributed by atoms with E-state index in [2.05, 4.69) is 27.7 Å². The Morgan fingerprint density at radius 3 is 2.54 bits per heavy atom. The standard InChI is InChI=1S/C34H54O7/c1-19-18-41-29(20(19)2)30(36)33(5,37)26-16-21-8-9-23-27-24(11-13-32(26,4)34(21,27)38)31(3)12-10-22(17-25(31)28(23)35)40-15-7-14-39-6/h19-22,24-26,29-30,36-38H,7-18H2,1-6H3/t19-,20+,21-,22-,24-,25-,26-,29-,30+,31+,32+,33-,34+/m0/s1. The van der Waals surface area contributed by atoms with Gasteiger partial charge in [0.05, 0.1) is 23.4 Å². The minimum atomic E-state index is -1.41. The van der Waals surface area contributed by atoms with Crippen LogP contribution in [-0.2, 0) is 19.0 Å². The Balaban J connectivity index is 1.31. The Morgan fingerprint density at radius 2 is 1.85 bits per heavy atom. The van der Waals surface area contributed by atoms with E-state index >= 15 is 0 Å². The number of ketones is 1. The molecule has 3 saturated carbocycles. The van der Waals surface area contributed by atoms with Crippen LogP contribution in [-0.4, -0.2) is 77.5 Å². The third-order valence-corrected chi connectivity index (χ3v) is 13.7. The number of hydrogen-bond acceptors (Lipinski definition) is 7. The molecular formula is C34H54O7. The Labute approximate surface area is 246 Å². The first-order chi connectivity index (χ1) is 19.3. The van der Waals surface area contributed by atoms with E-state index in [1.54, 1.807) is 14.0 Å². The maximum atomic E-state index is 14.3. The van der Waals surface area contributed by atoms with Gasteiger partial charge >= 0.3 is 0 Å². The lowest BCUT2D eigenvalue weighted by molar-refractivity contribution is -0.196. The second-order valence-electron chi connectivity index (χ2n) is 15.5. The minimum Gasteiger partial charge on any atom is -0.387 e. The first-order valence-electron chi connectivity index (χ1n) is 16.4. The number of carbonyl (C=O) groups is 1. The van der Waals surface area contributed by atoms with Crippen molar-refractivity contribution in [3.8, 4) is 0 Å². The SMILES string of the molecule is COCCCO[C@H]1CC[C@@]2(C)[C@@H](C1)C(=O)C1=C3[C@@H]2CC[C@]2(C)[C@@H]([C@](C)(O)[C@H](O)[C@H]4OC[C@H](C)[C@H]4C)C[C@H](CC1)[C@@]32O. The van der Waals surface area contributed by atoms with Crippen molar-refractivity contribution in [3.05, 3.63) is 11.1 Å². The third-order valence-electron chi connectivity index (χ3n) is 13.7. The van der Waals surface area contributed by atoms with Crippen LogP contribution in [0.5, 0.6) is 0 Å². The van der Waals surface area contributed by atoms with E-state index in [9.17, 15) is 20.1 Å². The summed E-state index contributed by atoms with van der Waals surface area (Å²) in [5.41, 5.74) is -1.48. The van der Waals surface area contributed by atoms with Crippen molar-refractivity contribution < 1.29 is 34.3 Å². The van der Waals surface area contributed by atoms with Gasteiger partial charge in [0.25, 0.3) is 0 Å². The van der Waals surface area contributed by atoms with Gasteiger partial charge in [-0.25, -0.2) is 0 Å². The first-order valence-corrected chi connectivity index (χ1v) is 16.4. The maximum absolute atomic E-state index is 14.3. The lowest BCUT2D eigenvalue weighted by atomic mass is 9.42. The molecule has 6 rings (SSSR count). The van der Waals surface area contributed by atoms with Crippen LogP contribution in [0.15, 0.2) is 11.1 Å². The second-order valence-corrected chi connectivity index (χ2v) is 15.5. The van der Waals surface area contributed by atoms with Crippen molar-refractivity contribution in [2.24, 2.45) is 46.3 Å². The molecule has 0 spiro atoms. The molecule has 0 amide bonds. The molecule has 0 aromatic rings. The summed E-state index contributed by atoms with van der Waals surface area (Å²) in [5, 5.41) is 36.8. The topological polar surface area (TPSA) is 105 Å². The predicted molar refractivity (Wildman–Crippen MR) is 155 cm³/mol. The zero-order chi connectivity index (χ0) is 29.5. The molecule has 41 heavy (non-hydrogen) atoms. The molecule has 7 nitrogen and oxygen atoms in total. The molecule has 0 aromatic heterocycles. The zero-order valence-electron chi connectivity index (χ0n) is 26.2. The first kappa shape index (κ1) is 30.2. The highest BCUT2D eigenvalue weighted by atomic mass is 16.5. The largest absolute Gasteiger partial charge is 0.387 e. The molecule has 1 aliphatic heterocycles. The lowest BCUT2D eigenvalue weighted by Gasteiger charge is -2.63. The summed E-state index contributed by atoms with van der Waals surface area (Å²) in [6.45, 7) is 12.4. The molecule has 7 heteroatoms. The summed E-state index contributed by atoms with van der Waals surface area (Å²) in [4.78, 5) is 14.3. The highest BCUT2D eigenvalue weighted by molar-refractivity contribution is 6.00. The average Bonchev–Trinajstić information content (AvgIpc) is 3.39. The van der Waals surface area contributed by atoms with Crippen molar-refractivity contribution in [1.82, 2.24) is 0 Å². The Kier molecular flexibility index (Phi) is 7.64. The van der Waals surface area contributed by atoms with Crippen molar-refractivity contribution in [1.29, 1.82) is 0 Å². The quantitative estimate of drug-likeness (QED) is 0.368. The second kappa shape index (κ2) is 10.4. The molecule has 3 N–H and O–H groups in total. The number of ether oxygens (including phenoxy) is 3. The summed E-state index contributed by atoms with van der Waals surface area (Å²) >= 11 is 0. The zero-order valence-corrected chi connectivity index (χ0v) is 26.2. The van der Waals surface area contributed by atoms with Crippen molar-refractivity contribution >= 4 is 5.78 Å². The number of rotatable bonds is 8. The summed E-state index contributed by atoms with van der Waals surface area (Å²) < 4.78 is 17.4. The van der Waals surface area contributed by atoms with Crippen LogP contribution >= 0.6 is 0 Å². The molecule has 4 fully saturated rings. The van der Waals surface area contributed by atoms with E-state index in [-0.39, 0.29) is 46.9 Å². The van der Waals surface area contributed by atoms with E-state index in [1.165, 1.54) is 0 Å². The van der Waals surface area contributed by atoms with Gasteiger partial charge < -0.3 is 29.5 Å². The van der Waals surface area contributed by atoms with Crippen molar-refractivity contribution in [2.75, 3.05) is 26.9 Å². The molecule has 6 aliphatic rings. The van der Waals surface area contributed by atoms with E-state index < -0.39 is 28.8 Å². The third kappa shape index (κ3) is 4.15. The fraction of sp³-hybridized carbons (Fsp3) is 0.912. The highest BCUT2D eigenvalue weighted by Gasteiger charge is 2.74. The van der Waals surface area contributed by atoms with Gasteiger partial charge in [-0.2, -0.15) is 0 Å². The van der Waals surface area contributed by atoms with Crippen LogP contribution in [0.25, 0.3) is 0 Å². The van der Waals surface area contributed by atoms with Gasteiger partial charge in [-0.1, -0.05) is 27.7 Å². The van der Waals surface area contributed by atoms with E-state index in [4.69, 9.17) is 14.2 Å². The van der Waals surface area contributed by atoms with E-state index in [1.807, 2.05) is 0 Å². The van der Waals surface area contributed by atoms with Gasteiger partial charge in [0.2, 0.25) is 0 Å². The molecule has 0 bridgehead atoms. The van der Waals surface area contributed by atoms with Gasteiger partial charge in [0.15, 0.2) is 5.78 Å². The number of hydrogen-bond donors (Lipinski definition) is 3. The summed E-state index contributed by atoms with van der Waals surface area (Å²) in [6.07, 6.45) is 5.91. The lowest BCUT2D eigenvalue weighted by Crippen LogP contribution is -2.65. The highest BCUT2D eigenvalue weighted by Crippen LogP contribution is 2.73. The maximum Gasteiger partial charge on any atom is 0.162 e. The monoisotopic (exact) mass is 574 g/mol. The Morgan fingerprint density at radius 1 is 1.10 bits per heavy atom. The fourth-order valence-electron chi connectivity index (χ4n) is 11.0. The predicted octanol–water partition coefficient (Wildman–Crippen LogP) is 4.45. The van der Waals surface area contributed by atoms with E-state index in [0.717, 1.165) is 56.1 Å². The summed E-state index contributed by atoms with van der Waals surface area (Å²) in [6, 6.07) is 0. The molecule has 0 radical (unpaired) electrons. The number of aliphatic hydroxyl groups excluding tert-OH is 1. The minimum absolute atomic E-state index is 0.0213. The van der Waals surface area contributed by atoms with Gasteiger partial charge in [-0.05, 0) is 111 Å². The van der Waals surface area contributed by atoms with Crippen LogP contribution in [0, 0.1) is 46.3 Å². The average molecular weight is 575 g/mol. The van der Waals surface area contributed by atoms with Crippen molar-refractivity contribution in [3.63, 3.8) is 0 Å². The van der Waals surface area contributed by atoms with Gasteiger partial charge in [-0.3, -0.25) is 4.79 Å². The van der Waals surface area contributed by atoms with Crippen LogP contribution in [0.2, 0.25) is 0 Å². The fourth-order valence-corrected chi connectivity index (χ4v) is 11.0. The van der Waals surface area contributed by atoms with E-state index in [0.29, 0.717) is 38.6 Å².